The Morgan fingerprint density at radius 3 is 1.31 bits per heavy atom. The molecule has 0 saturated carbocycles. The molecule has 0 aromatic heterocycles. The van der Waals surface area contributed by atoms with Crippen LogP contribution in [0.1, 0.15) is 53.6 Å². The Kier molecular flexibility index (Phi) is 5.04. The number of aryl methyl sites for hydroxylation is 3. The predicted octanol–water partition coefficient (Wildman–Crippen LogP) is 7.61. The van der Waals surface area contributed by atoms with Crippen molar-refractivity contribution in [3.05, 3.63) is 129 Å². The third-order valence-corrected chi connectivity index (χ3v) is 6.35. The summed E-state index contributed by atoms with van der Waals surface area (Å²) in [5.74, 6) is 0. The number of benzene rings is 3. The zero-order valence-corrected chi connectivity index (χ0v) is 18.2. The molecule has 0 unspecified atom stereocenters. The highest BCUT2D eigenvalue weighted by Gasteiger charge is 2.41. The molecule has 0 aliphatic heterocycles. The summed E-state index contributed by atoms with van der Waals surface area (Å²) in [6, 6.07) is 27.2. The second-order valence-electron chi connectivity index (χ2n) is 8.67. The highest BCUT2D eigenvalue weighted by Crippen LogP contribution is 2.50. The number of hydrogen-bond donors (Lipinski definition) is 0. The minimum atomic E-state index is -0.289. The van der Waals surface area contributed by atoms with Gasteiger partial charge in [-0.25, -0.2) is 0 Å². The molecule has 3 aromatic carbocycles. The zero-order chi connectivity index (χ0) is 20.6. The summed E-state index contributed by atoms with van der Waals surface area (Å²) < 4.78 is 0. The normalized spacial score (nSPS) is 14.3. The molecule has 146 valence electrons. The van der Waals surface area contributed by atoms with Gasteiger partial charge >= 0.3 is 0 Å². The summed E-state index contributed by atoms with van der Waals surface area (Å²) >= 11 is 0. The van der Waals surface area contributed by atoms with Crippen LogP contribution in [0.25, 0.3) is 0 Å². The minimum absolute atomic E-state index is 0.289. The molecule has 1 aliphatic rings. The van der Waals surface area contributed by atoms with E-state index >= 15 is 0 Å². The zero-order valence-electron chi connectivity index (χ0n) is 18.2. The Balaban J connectivity index is 2.12. The summed E-state index contributed by atoms with van der Waals surface area (Å²) in [6.07, 6.45) is 3.45. The van der Waals surface area contributed by atoms with Gasteiger partial charge in [0, 0.05) is 0 Å². The highest BCUT2D eigenvalue weighted by atomic mass is 14.4. The fourth-order valence-corrected chi connectivity index (χ4v) is 4.79. The summed E-state index contributed by atoms with van der Waals surface area (Å²) in [7, 11) is 0. The molecule has 29 heavy (non-hydrogen) atoms. The standard InChI is InChI=1S/C29H30/c1-20-9-6-12-25(15-20)29(26-13-7-10-21(2)16-26,27-14-8-11-22(3)17-27)28-18-23(4)24(5)19-28/h6-18H,19H2,1-5H3. The first-order valence-corrected chi connectivity index (χ1v) is 10.5. The molecule has 0 spiro atoms. The quantitative estimate of drug-likeness (QED) is 0.410. The second kappa shape index (κ2) is 7.52. The van der Waals surface area contributed by atoms with Crippen molar-refractivity contribution in [3.63, 3.8) is 0 Å². The van der Waals surface area contributed by atoms with Crippen molar-refractivity contribution in [2.75, 3.05) is 0 Å². The van der Waals surface area contributed by atoms with E-state index < -0.39 is 0 Å². The van der Waals surface area contributed by atoms with Crippen LogP contribution in [0, 0.1) is 20.8 Å². The van der Waals surface area contributed by atoms with Crippen molar-refractivity contribution in [2.24, 2.45) is 0 Å². The van der Waals surface area contributed by atoms with E-state index in [9.17, 15) is 0 Å². The Morgan fingerprint density at radius 2 is 1.00 bits per heavy atom. The van der Waals surface area contributed by atoms with Crippen LogP contribution >= 0.6 is 0 Å². The predicted molar refractivity (Wildman–Crippen MR) is 124 cm³/mol. The molecule has 1 aliphatic carbocycles. The monoisotopic (exact) mass is 378 g/mol. The summed E-state index contributed by atoms with van der Waals surface area (Å²) in [4.78, 5) is 0. The molecule has 3 aromatic rings. The maximum Gasteiger partial charge on any atom is 0.0668 e. The van der Waals surface area contributed by atoms with Gasteiger partial charge in [-0.15, -0.1) is 0 Å². The van der Waals surface area contributed by atoms with Crippen molar-refractivity contribution in [1.29, 1.82) is 0 Å². The SMILES string of the molecule is CC1=C(C)CC(C(c2cccc(C)c2)(c2cccc(C)c2)c2cccc(C)c2)=C1. The van der Waals surface area contributed by atoms with Crippen molar-refractivity contribution in [3.8, 4) is 0 Å². The van der Waals surface area contributed by atoms with E-state index in [1.54, 1.807) is 0 Å². The van der Waals surface area contributed by atoms with Gasteiger partial charge in [-0.05, 0) is 63.3 Å². The smallest absolute Gasteiger partial charge is 0.0663 e. The molecule has 0 fully saturated rings. The minimum Gasteiger partial charge on any atom is -0.0663 e. The van der Waals surface area contributed by atoms with Gasteiger partial charge in [-0.2, -0.15) is 0 Å². The molecule has 0 amide bonds. The van der Waals surface area contributed by atoms with Gasteiger partial charge in [0.15, 0.2) is 0 Å². The van der Waals surface area contributed by atoms with Gasteiger partial charge in [0.2, 0.25) is 0 Å². The van der Waals surface area contributed by atoms with E-state index in [0.717, 1.165) is 6.42 Å². The summed E-state index contributed by atoms with van der Waals surface area (Å²) in [5, 5.41) is 0. The Labute approximate surface area is 175 Å². The summed E-state index contributed by atoms with van der Waals surface area (Å²) in [6.45, 7) is 11.1. The lowest BCUT2D eigenvalue weighted by atomic mass is 9.63. The van der Waals surface area contributed by atoms with Crippen molar-refractivity contribution < 1.29 is 0 Å². The third kappa shape index (κ3) is 3.38. The fraction of sp³-hybridized carbons (Fsp3) is 0.241. The maximum absolute atomic E-state index is 2.43. The van der Waals surface area contributed by atoms with Crippen LogP contribution in [-0.2, 0) is 5.41 Å². The van der Waals surface area contributed by atoms with Gasteiger partial charge in [-0.3, -0.25) is 0 Å². The van der Waals surface area contributed by atoms with Gasteiger partial charge in [0.1, 0.15) is 0 Å². The first kappa shape index (κ1) is 19.5. The maximum atomic E-state index is 2.43. The topological polar surface area (TPSA) is 0 Å². The molecule has 0 radical (unpaired) electrons. The molecule has 0 bridgehead atoms. The van der Waals surface area contributed by atoms with E-state index in [1.165, 1.54) is 50.1 Å². The average molecular weight is 379 g/mol. The van der Waals surface area contributed by atoms with Crippen LogP contribution in [0.3, 0.4) is 0 Å². The fourth-order valence-electron chi connectivity index (χ4n) is 4.79. The lowest BCUT2D eigenvalue weighted by molar-refractivity contribution is 0.703. The Morgan fingerprint density at radius 1 is 0.586 bits per heavy atom. The number of hydrogen-bond acceptors (Lipinski definition) is 0. The Bertz CT molecular complexity index is 1010. The van der Waals surface area contributed by atoms with E-state index in [2.05, 4.69) is 113 Å². The van der Waals surface area contributed by atoms with E-state index in [4.69, 9.17) is 0 Å². The molecule has 0 heterocycles. The van der Waals surface area contributed by atoms with Crippen LogP contribution in [0.5, 0.6) is 0 Å². The number of allylic oxidation sites excluding steroid dienone is 4. The molecular formula is C29H30. The number of rotatable bonds is 4. The highest BCUT2D eigenvalue weighted by molar-refractivity contribution is 5.63. The molecule has 0 N–H and O–H groups in total. The average Bonchev–Trinajstić information content (AvgIpc) is 3.01. The van der Waals surface area contributed by atoms with Crippen molar-refractivity contribution in [1.82, 2.24) is 0 Å². The van der Waals surface area contributed by atoms with Gasteiger partial charge in [-0.1, -0.05) is 107 Å². The first-order valence-electron chi connectivity index (χ1n) is 10.5. The molecule has 0 saturated heterocycles. The molecular weight excluding hydrogens is 348 g/mol. The Hall–Kier alpha value is -2.86. The van der Waals surface area contributed by atoms with Crippen LogP contribution < -0.4 is 0 Å². The van der Waals surface area contributed by atoms with Crippen LogP contribution in [0.2, 0.25) is 0 Å². The molecule has 0 atom stereocenters. The molecule has 4 rings (SSSR count). The van der Waals surface area contributed by atoms with Crippen LogP contribution in [0.4, 0.5) is 0 Å². The van der Waals surface area contributed by atoms with Gasteiger partial charge in [0.25, 0.3) is 0 Å². The van der Waals surface area contributed by atoms with Crippen molar-refractivity contribution >= 4 is 0 Å². The molecule has 0 nitrogen and oxygen atoms in total. The van der Waals surface area contributed by atoms with Crippen LogP contribution in [-0.4, -0.2) is 0 Å². The van der Waals surface area contributed by atoms with Crippen molar-refractivity contribution in [2.45, 2.75) is 46.5 Å². The lowest BCUT2D eigenvalue weighted by Crippen LogP contribution is -2.32. The third-order valence-electron chi connectivity index (χ3n) is 6.35. The van der Waals surface area contributed by atoms with E-state index in [0.29, 0.717) is 0 Å². The van der Waals surface area contributed by atoms with E-state index in [-0.39, 0.29) is 5.41 Å². The summed E-state index contributed by atoms with van der Waals surface area (Å²) in [5.41, 5.74) is 12.0. The van der Waals surface area contributed by atoms with E-state index in [1.807, 2.05) is 0 Å². The van der Waals surface area contributed by atoms with Crippen LogP contribution in [0.15, 0.2) is 95.6 Å². The van der Waals surface area contributed by atoms with Gasteiger partial charge in [0.05, 0.1) is 5.41 Å². The van der Waals surface area contributed by atoms with Gasteiger partial charge < -0.3 is 0 Å². The largest absolute Gasteiger partial charge is 0.0668 e. The second-order valence-corrected chi connectivity index (χ2v) is 8.67. The lowest BCUT2D eigenvalue weighted by Gasteiger charge is -2.38. The molecule has 0 heteroatoms. The first-order chi connectivity index (χ1) is 13.9.